The molecule has 3 aromatic rings. The smallest absolute Gasteiger partial charge is 0.255 e. The minimum absolute atomic E-state index is 0.0542. The van der Waals surface area contributed by atoms with Crippen molar-refractivity contribution >= 4 is 17.6 Å². The SMILES string of the molecule is Cc1cn2cc(C(=O)N(C)C)c(CC=Cc3ccccc3)c(O)c2n1. The lowest BCUT2D eigenvalue weighted by atomic mass is 10.0. The van der Waals surface area contributed by atoms with E-state index in [2.05, 4.69) is 4.98 Å². The molecule has 0 aliphatic rings. The number of nitrogens with zero attached hydrogens (tertiary/aromatic N) is 3. The van der Waals surface area contributed by atoms with Crippen LogP contribution in [0.3, 0.4) is 0 Å². The molecule has 0 spiro atoms. The summed E-state index contributed by atoms with van der Waals surface area (Å²) in [6, 6.07) is 9.91. The summed E-state index contributed by atoms with van der Waals surface area (Å²) >= 11 is 0. The van der Waals surface area contributed by atoms with Gasteiger partial charge >= 0.3 is 0 Å². The second-order valence-corrected chi connectivity index (χ2v) is 6.20. The van der Waals surface area contributed by atoms with Crippen LogP contribution in [0.15, 0.2) is 48.8 Å². The Kier molecular flexibility index (Phi) is 4.57. The molecule has 2 aromatic heterocycles. The van der Waals surface area contributed by atoms with E-state index in [1.165, 1.54) is 4.90 Å². The number of hydrogen-bond donors (Lipinski definition) is 1. The Bertz CT molecular complexity index is 940. The second-order valence-electron chi connectivity index (χ2n) is 6.20. The van der Waals surface area contributed by atoms with Gasteiger partial charge in [0.2, 0.25) is 0 Å². The molecule has 3 rings (SSSR count). The van der Waals surface area contributed by atoms with Crippen LogP contribution in [0.5, 0.6) is 5.75 Å². The van der Waals surface area contributed by atoms with Crippen molar-refractivity contribution in [1.82, 2.24) is 14.3 Å². The number of pyridine rings is 1. The monoisotopic (exact) mass is 335 g/mol. The van der Waals surface area contributed by atoms with Crippen molar-refractivity contribution in [2.45, 2.75) is 13.3 Å². The molecule has 5 heteroatoms. The van der Waals surface area contributed by atoms with Crippen molar-refractivity contribution in [1.29, 1.82) is 0 Å². The fourth-order valence-corrected chi connectivity index (χ4v) is 2.78. The molecule has 128 valence electrons. The summed E-state index contributed by atoms with van der Waals surface area (Å²) in [5, 5.41) is 10.7. The van der Waals surface area contributed by atoms with Gasteiger partial charge in [-0.3, -0.25) is 4.79 Å². The lowest BCUT2D eigenvalue weighted by Crippen LogP contribution is -2.23. The predicted molar refractivity (Wildman–Crippen MR) is 98.8 cm³/mol. The van der Waals surface area contributed by atoms with Crippen LogP contribution in [0.2, 0.25) is 0 Å². The summed E-state index contributed by atoms with van der Waals surface area (Å²) in [7, 11) is 3.40. The minimum atomic E-state index is -0.147. The molecule has 0 aliphatic heterocycles. The Morgan fingerprint density at radius 2 is 1.96 bits per heavy atom. The van der Waals surface area contributed by atoms with Crippen molar-refractivity contribution in [3.63, 3.8) is 0 Å². The Labute approximate surface area is 146 Å². The number of fused-ring (bicyclic) bond motifs is 1. The van der Waals surface area contributed by atoms with Gasteiger partial charge < -0.3 is 14.4 Å². The third-order valence-corrected chi connectivity index (χ3v) is 4.01. The summed E-state index contributed by atoms with van der Waals surface area (Å²) in [5.74, 6) is -0.0924. The van der Waals surface area contributed by atoms with Crippen molar-refractivity contribution in [2.24, 2.45) is 0 Å². The molecule has 0 bridgehead atoms. The number of allylic oxidation sites excluding steroid dienone is 1. The number of hydrogen-bond acceptors (Lipinski definition) is 3. The standard InChI is InChI=1S/C20H21N3O2/c1-14-12-23-13-17(20(25)22(2)3)16(18(24)19(23)21-14)11-7-10-15-8-5-4-6-9-15/h4-10,12-13,24H,11H2,1-3H3. The fourth-order valence-electron chi connectivity index (χ4n) is 2.78. The lowest BCUT2D eigenvalue weighted by Gasteiger charge is -2.15. The number of carbonyl (C=O) groups excluding carboxylic acids is 1. The van der Waals surface area contributed by atoms with Crippen molar-refractivity contribution in [3.8, 4) is 5.75 Å². The molecule has 25 heavy (non-hydrogen) atoms. The van der Waals surface area contributed by atoms with E-state index in [0.29, 0.717) is 23.2 Å². The van der Waals surface area contributed by atoms with Gasteiger partial charge in [-0.05, 0) is 18.9 Å². The molecular weight excluding hydrogens is 314 g/mol. The van der Waals surface area contributed by atoms with Crippen LogP contribution in [0.4, 0.5) is 0 Å². The van der Waals surface area contributed by atoms with Crippen LogP contribution in [0, 0.1) is 6.92 Å². The molecule has 0 saturated carbocycles. The fraction of sp³-hybridized carbons (Fsp3) is 0.200. The van der Waals surface area contributed by atoms with Crippen LogP contribution < -0.4 is 0 Å². The van der Waals surface area contributed by atoms with Crippen molar-refractivity contribution < 1.29 is 9.90 Å². The first-order valence-corrected chi connectivity index (χ1v) is 8.10. The maximum Gasteiger partial charge on any atom is 0.255 e. The third kappa shape index (κ3) is 3.40. The highest BCUT2D eigenvalue weighted by Gasteiger charge is 2.20. The molecule has 0 radical (unpaired) electrons. The Morgan fingerprint density at radius 3 is 2.64 bits per heavy atom. The number of amides is 1. The Balaban J connectivity index is 2.04. The topological polar surface area (TPSA) is 57.8 Å². The third-order valence-electron chi connectivity index (χ3n) is 4.01. The molecule has 1 N–H and O–H groups in total. The highest BCUT2D eigenvalue weighted by atomic mass is 16.3. The number of imidazole rings is 1. The maximum atomic E-state index is 12.6. The van der Waals surface area contributed by atoms with E-state index in [1.807, 2.05) is 49.4 Å². The zero-order valence-electron chi connectivity index (χ0n) is 14.6. The van der Waals surface area contributed by atoms with E-state index in [-0.39, 0.29) is 11.7 Å². The lowest BCUT2D eigenvalue weighted by molar-refractivity contribution is 0.0825. The van der Waals surface area contributed by atoms with E-state index >= 15 is 0 Å². The minimum Gasteiger partial charge on any atom is -0.504 e. The molecular formula is C20H21N3O2. The quantitative estimate of drug-likeness (QED) is 0.796. The number of aryl methyl sites for hydroxylation is 1. The molecule has 1 amide bonds. The molecule has 5 nitrogen and oxygen atoms in total. The molecule has 0 saturated heterocycles. The first kappa shape index (κ1) is 16.8. The Hall–Kier alpha value is -3.08. The highest BCUT2D eigenvalue weighted by molar-refractivity contribution is 5.96. The van der Waals surface area contributed by atoms with Crippen LogP contribution >= 0.6 is 0 Å². The molecule has 0 unspecified atom stereocenters. The van der Waals surface area contributed by atoms with Gasteiger partial charge in [0.05, 0.1) is 11.3 Å². The first-order chi connectivity index (χ1) is 12.0. The van der Waals surface area contributed by atoms with E-state index in [4.69, 9.17) is 0 Å². The molecule has 0 fully saturated rings. The zero-order valence-corrected chi connectivity index (χ0v) is 14.6. The van der Waals surface area contributed by atoms with Gasteiger partial charge in [0, 0.05) is 32.1 Å². The summed E-state index contributed by atoms with van der Waals surface area (Å²) in [6.07, 6.45) is 7.90. The normalized spacial score (nSPS) is 11.3. The van der Waals surface area contributed by atoms with Gasteiger partial charge in [-0.1, -0.05) is 42.5 Å². The van der Waals surface area contributed by atoms with Gasteiger partial charge in [-0.25, -0.2) is 4.98 Å². The summed E-state index contributed by atoms with van der Waals surface area (Å²) in [4.78, 5) is 18.4. The largest absolute Gasteiger partial charge is 0.504 e. The number of aromatic hydroxyl groups is 1. The summed E-state index contributed by atoms with van der Waals surface area (Å²) in [6.45, 7) is 1.86. The number of carbonyl (C=O) groups is 1. The van der Waals surface area contributed by atoms with E-state index in [0.717, 1.165) is 11.3 Å². The van der Waals surface area contributed by atoms with E-state index < -0.39 is 0 Å². The van der Waals surface area contributed by atoms with Gasteiger partial charge in [0.25, 0.3) is 5.91 Å². The molecule has 0 atom stereocenters. The van der Waals surface area contributed by atoms with Crippen LogP contribution in [-0.4, -0.2) is 39.4 Å². The highest BCUT2D eigenvalue weighted by Crippen LogP contribution is 2.28. The van der Waals surface area contributed by atoms with E-state index in [9.17, 15) is 9.90 Å². The maximum absolute atomic E-state index is 12.6. The van der Waals surface area contributed by atoms with Crippen LogP contribution in [-0.2, 0) is 6.42 Å². The van der Waals surface area contributed by atoms with Gasteiger partial charge in [0.1, 0.15) is 0 Å². The number of aromatic nitrogens is 2. The van der Waals surface area contributed by atoms with Gasteiger partial charge in [0.15, 0.2) is 11.4 Å². The average Bonchev–Trinajstić information content (AvgIpc) is 2.97. The van der Waals surface area contributed by atoms with Crippen LogP contribution in [0.1, 0.15) is 27.2 Å². The molecule has 2 heterocycles. The molecule has 1 aromatic carbocycles. The Morgan fingerprint density at radius 1 is 1.24 bits per heavy atom. The summed E-state index contributed by atoms with van der Waals surface area (Å²) < 4.78 is 1.70. The summed E-state index contributed by atoms with van der Waals surface area (Å²) in [5.41, 5.74) is 3.39. The van der Waals surface area contributed by atoms with Crippen LogP contribution in [0.25, 0.3) is 11.7 Å². The molecule has 0 aliphatic carbocycles. The number of benzene rings is 1. The van der Waals surface area contributed by atoms with Crippen molar-refractivity contribution in [2.75, 3.05) is 14.1 Å². The zero-order chi connectivity index (χ0) is 18.0. The number of rotatable bonds is 4. The first-order valence-electron chi connectivity index (χ1n) is 8.10. The predicted octanol–water partition coefficient (Wildman–Crippen LogP) is 3.31. The van der Waals surface area contributed by atoms with E-state index in [1.54, 1.807) is 30.9 Å². The second kappa shape index (κ2) is 6.81. The van der Waals surface area contributed by atoms with Crippen molar-refractivity contribution in [3.05, 3.63) is 71.2 Å². The van der Waals surface area contributed by atoms with Gasteiger partial charge in [-0.15, -0.1) is 0 Å². The average molecular weight is 335 g/mol. The van der Waals surface area contributed by atoms with Gasteiger partial charge in [-0.2, -0.15) is 0 Å².